The maximum Gasteiger partial charge on any atom is 0.175 e. The third kappa shape index (κ3) is 5.11. The largest absolute Gasteiger partial charge is 0.488 e. The van der Waals surface area contributed by atoms with Crippen molar-refractivity contribution in [3.8, 4) is 11.8 Å². The number of ether oxygens (including phenoxy) is 1. The van der Waals surface area contributed by atoms with Crippen LogP contribution in [0.5, 0.6) is 5.75 Å². The second-order valence-electron chi connectivity index (χ2n) is 5.18. The summed E-state index contributed by atoms with van der Waals surface area (Å²) >= 11 is 0. The molecule has 24 heavy (non-hydrogen) atoms. The fourth-order valence-electron chi connectivity index (χ4n) is 1.78. The van der Waals surface area contributed by atoms with E-state index in [0.29, 0.717) is 17.0 Å². The number of benzene rings is 2. The quantitative estimate of drug-likeness (QED) is 0.643. The molecule has 0 aromatic heterocycles. The van der Waals surface area contributed by atoms with Gasteiger partial charge in [0.1, 0.15) is 12.4 Å². The lowest BCUT2D eigenvalue weighted by Gasteiger charge is -2.07. The molecule has 0 aliphatic rings. The van der Waals surface area contributed by atoms with E-state index in [9.17, 15) is 8.42 Å². The molecule has 0 spiro atoms. The fraction of sp³-hybridized carbons (Fsp3) is 0.176. The molecule has 2 aromatic rings. The van der Waals surface area contributed by atoms with Gasteiger partial charge in [-0.1, -0.05) is 0 Å². The molecule has 0 radical (unpaired) electrons. The number of nitrogens with zero attached hydrogens (tertiary/aromatic N) is 2. The summed E-state index contributed by atoms with van der Waals surface area (Å²) in [5.41, 5.74) is 4.95. The number of nitriles is 1. The number of sulfone groups is 1. The van der Waals surface area contributed by atoms with Crippen molar-refractivity contribution in [1.29, 1.82) is 5.26 Å². The topological polar surface area (TPSA) is 91.6 Å². The number of hydrazone groups is 1. The molecule has 0 unspecified atom stereocenters. The zero-order valence-corrected chi connectivity index (χ0v) is 14.2. The Morgan fingerprint density at radius 2 is 1.79 bits per heavy atom. The molecule has 2 aromatic carbocycles. The van der Waals surface area contributed by atoms with E-state index in [0.717, 1.165) is 11.9 Å². The van der Waals surface area contributed by atoms with Gasteiger partial charge in [0.2, 0.25) is 0 Å². The lowest BCUT2D eigenvalue weighted by molar-refractivity contribution is 0.375. The summed E-state index contributed by atoms with van der Waals surface area (Å²) in [5.74, 6) is 0.565. The maximum absolute atomic E-state index is 11.4. The summed E-state index contributed by atoms with van der Waals surface area (Å²) in [6, 6.07) is 15.2. The number of anilines is 1. The van der Waals surface area contributed by atoms with Gasteiger partial charge in [-0.15, -0.1) is 0 Å². The Morgan fingerprint density at radius 1 is 1.17 bits per heavy atom. The molecule has 0 aliphatic carbocycles. The van der Waals surface area contributed by atoms with Crippen molar-refractivity contribution in [3.63, 3.8) is 0 Å². The highest BCUT2D eigenvalue weighted by Crippen LogP contribution is 2.16. The van der Waals surface area contributed by atoms with Crippen molar-refractivity contribution in [2.24, 2.45) is 5.10 Å². The van der Waals surface area contributed by atoms with Crippen LogP contribution in [0.3, 0.4) is 0 Å². The molecule has 0 saturated heterocycles. The van der Waals surface area contributed by atoms with Crippen molar-refractivity contribution in [2.75, 3.05) is 18.3 Å². The first-order valence-corrected chi connectivity index (χ1v) is 9.00. The van der Waals surface area contributed by atoms with Crippen LogP contribution < -0.4 is 10.2 Å². The number of hydrogen-bond acceptors (Lipinski definition) is 6. The highest BCUT2D eigenvalue weighted by Gasteiger charge is 2.06. The van der Waals surface area contributed by atoms with Gasteiger partial charge < -0.3 is 4.74 Å². The molecular formula is C17H17N3O3S. The van der Waals surface area contributed by atoms with Crippen molar-refractivity contribution >= 4 is 21.2 Å². The minimum absolute atomic E-state index is 0.253. The van der Waals surface area contributed by atoms with E-state index in [1.807, 2.05) is 13.0 Å². The van der Waals surface area contributed by atoms with Crippen LogP contribution in [0.25, 0.3) is 0 Å². The third-order valence-electron chi connectivity index (χ3n) is 3.09. The lowest BCUT2D eigenvalue weighted by atomic mass is 10.2. The van der Waals surface area contributed by atoms with E-state index in [1.165, 1.54) is 12.1 Å². The molecule has 0 atom stereocenters. The van der Waals surface area contributed by atoms with Crippen LogP contribution in [0.15, 0.2) is 58.5 Å². The van der Waals surface area contributed by atoms with E-state index < -0.39 is 9.84 Å². The zero-order valence-electron chi connectivity index (χ0n) is 13.4. The van der Waals surface area contributed by atoms with Gasteiger partial charge >= 0.3 is 0 Å². The zero-order chi connectivity index (χ0) is 17.6. The van der Waals surface area contributed by atoms with Gasteiger partial charge in [0.15, 0.2) is 9.84 Å². The maximum atomic E-state index is 11.4. The predicted molar refractivity (Wildman–Crippen MR) is 92.9 cm³/mol. The van der Waals surface area contributed by atoms with Gasteiger partial charge in [-0.05, 0) is 55.5 Å². The molecule has 0 bridgehead atoms. The van der Waals surface area contributed by atoms with Gasteiger partial charge in [0.05, 0.1) is 27.9 Å². The summed E-state index contributed by atoms with van der Waals surface area (Å²) in [6.45, 7) is 2.07. The van der Waals surface area contributed by atoms with E-state index >= 15 is 0 Å². The molecule has 1 N–H and O–H groups in total. The monoisotopic (exact) mass is 343 g/mol. The molecule has 0 aliphatic heterocycles. The SMILES string of the molecule is CC(COc1ccc(S(C)(=O)=O)cc1)=NNc1ccc(C#N)cc1. The molecule has 0 fully saturated rings. The average molecular weight is 343 g/mol. The Balaban J connectivity index is 1.90. The second kappa shape index (κ2) is 7.62. The second-order valence-corrected chi connectivity index (χ2v) is 7.20. The minimum atomic E-state index is -3.20. The van der Waals surface area contributed by atoms with Gasteiger partial charge in [-0.2, -0.15) is 10.4 Å². The minimum Gasteiger partial charge on any atom is -0.488 e. The number of nitrogens with one attached hydrogen (secondary N) is 1. The van der Waals surface area contributed by atoms with Gasteiger partial charge in [-0.25, -0.2) is 8.42 Å². The Labute approximate surface area is 141 Å². The standard InChI is InChI=1S/C17H17N3O3S/c1-13(19-20-15-5-3-14(11-18)4-6-15)12-23-16-7-9-17(10-8-16)24(2,21)22/h3-10,20H,12H2,1-2H3. The first-order chi connectivity index (χ1) is 11.4. The summed E-state index contributed by atoms with van der Waals surface area (Å²) < 4.78 is 28.3. The highest BCUT2D eigenvalue weighted by atomic mass is 32.2. The van der Waals surface area contributed by atoms with Crippen LogP contribution in [-0.4, -0.2) is 27.0 Å². The molecule has 0 heterocycles. The van der Waals surface area contributed by atoms with E-state index in [2.05, 4.69) is 10.5 Å². The lowest BCUT2D eigenvalue weighted by Crippen LogP contribution is -2.09. The summed E-state index contributed by atoms with van der Waals surface area (Å²) in [6.07, 6.45) is 1.16. The number of rotatable bonds is 6. The highest BCUT2D eigenvalue weighted by molar-refractivity contribution is 7.90. The normalized spacial score (nSPS) is 11.6. The average Bonchev–Trinajstić information content (AvgIpc) is 2.58. The molecular weight excluding hydrogens is 326 g/mol. The van der Waals surface area contributed by atoms with Crippen LogP contribution in [0.4, 0.5) is 5.69 Å². The first kappa shape index (κ1) is 17.5. The Kier molecular flexibility index (Phi) is 5.55. The summed E-state index contributed by atoms with van der Waals surface area (Å²) in [4.78, 5) is 0.253. The van der Waals surface area contributed by atoms with Crippen LogP contribution in [0.1, 0.15) is 12.5 Å². The van der Waals surface area contributed by atoms with E-state index in [4.69, 9.17) is 10.00 Å². The Morgan fingerprint density at radius 3 is 2.33 bits per heavy atom. The fourth-order valence-corrected chi connectivity index (χ4v) is 2.41. The number of hydrogen-bond donors (Lipinski definition) is 1. The van der Waals surface area contributed by atoms with Crippen molar-refractivity contribution in [3.05, 3.63) is 54.1 Å². The predicted octanol–water partition coefficient (Wildman–Crippen LogP) is 2.83. The van der Waals surface area contributed by atoms with Crippen molar-refractivity contribution < 1.29 is 13.2 Å². The summed E-state index contributed by atoms with van der Waals surface area (Å²) in [7, 11) is -3.20. The Bertz CT molecular complexity index is 865. The van der Waals surface area contributed by atoms with E-state index in [1.54, 1.807) is 36.4 Å². The molecule has 0 amide bonds. The molecule has 2 rings (SSSR count). The van der Waals surface area contributed by atoms with Crippen molar-refractivity contribution in [2.45, 2.75) is 11.8 Å². The first-order valence-electron chi connectivity index (χ1n) is 7.11. The third-order valence-corrected chi connectivity index (χ3v) is 4.22. The molecule has 7 heteroatoms. The smallest absolute Gasteiger partial charge is 0.175 e. The Hall–Kier alpha value is -2.85. The van der Waals surface area contributed by atoms with Crippen molar-refractivity contribution in [1.82, 2.24) is 0 Å². The van der Waals surface area contributed by atoms with Gasteiger partial charge in [-0.3, -0.25) is 5.43 Å². The summed E-state index contributed by atoms with van der Waals surface area (Å²) in [5, 5.41) is 12.9. The molecule has 6 nitrogen and oxygen atoms in total. The molecule has 124 valence electrons. The van der Waals surface area contributed by atoms with Crippen LogP contribution in [0.2, 0.25) is 0 Å². The van der Waals surface area contributed by atoms with Gasteiger partial charge in [0, 0.05) is 6.26 Å². The van der Waals surface area contributed by atoms with Crippen LogP contribution in [0, 0.1) is 11.3 Å². The van der Waals surface area contributed by atoms with Crippen LogP contribution >= 0.6 is 0 Å². The van der Waals surface area contributed by atoms with E-state index in [-0.39, 0.29) is 11.5 Å². The van der Waals surface area contributed by atoms with Crippen LogP contribution in [-0.2, 0) is 9.84 Å². The van der Waals surface area contributed by atoms with Gasteiger partial charge in [0.25, 0.3) is 0 Å². The molecule has 0 saturated carbocycles.